The fourth-order valence-corrected chi connectivity index (χ4v) is 3.61. The average molecular weight is 313 g/mol. The van der Waals surface area contributed by atoms with Gasteiger partial charge in [0.1, 0.15) is 10.6 Å². The van der Waals surface area contributed by atoms with Gasteiger partial charge in [-0.1, -0.05) is 0 Å². The van der Waals surface area contributed by atoms with Gasteiger partial charge in [0, 0.05) is 11.1 Å². The Morgan fingerprint density at radius 2 is 1.95 bits per heavy atom. The SMILES string of the molecule is COc1ccc(NS(=O)(=O)c2csc(C(=O)O)c2)cc1. The summed E-state index contributed by atoms with van der Waals surface area (Å²) in [5.41, 5.74) is 0.369. The molecule has 0 aliphatic heterocycles. The summed E-state index contributed by atoms with van der Waals surface area (Å²) >= 11 is 0.862. The molecule has 1 heterocycles. The Morgan fingerprint density at radius 1 is 1.30 bits per heavy atom. The number of anilines is 1. The number of carboxylic acids is 1. The quantitative estimate of drug-likeness (QED) is 0.883. The molecule has 1 aromatic carbocycles. The first-order valence-corrected chi connectivity index (χ1v) is 7.77. The number of ether oxygens (including phenoxy) is 1. The summed E-state index contributed by atoms with van der Waals surface area (Å²) in [6.45, 7) is 0. The van der Waals surface area contributed by atoms with Crippen LogP contribution in [-0.2, 0) is 10.0 Å². The third-order valence-corrected chi connectivity index (χ3v) is 4.87. The van der Waals surface area contributed by atoms with E-state index in [0.29, 0.717) is 11.4 Å². The van der Waals surface area contributed by atoms with Gasteiger partial charge in [-0.15, -0.1) is 11.3 Å². The highest BCUT2D eigenvalue weighted by Gasteiger charge is 2.18. The van der Waals surface area contributed by atoms with Gasteiger partial charge in [0.15, 0.2) is 0 Å². The number of carbonyl (C=O) groups is 1. The molecule has 8 heteroatoms. The van der Waals surface area contributed by atoms with E-state index in [0.717, 1.165) is 17.4 Å². The zero-order chi connectivity index (χ0) is 14.8. The lowest BCUT2D eigenvalue weighted by molar-refractivity contribution is 0.0702. The zero-order valence-corrected chi connectivity index (χ0v) is 12.0. The van der Waals surface area contributed by atoms with Crippen LogP contribution >= 0.6 is 11.3 Å². The first-order valence-electron chi connectivity index (χ1n) is 5.41. The highest BCUT2D eigenvalue weighted by atomic mass is 32.2. The van der Waals surface area contributed by atoms with Crippen LogP contribution in [0.3, 0.4) is 0 Å². The molecule has 6 nitrogen and oxygen atoms in total. The van der Waals surface area contributed by atoms with Gasteiger partial charge in [0.2, 0.25) is 0 Å². The second-order valence-electron chi connectivity index (χ2n) is 3.79. The monoisotopic (exact) mass is 313 g/mol. The predicted molar refractivity (Wildman–Crippen MR) is 75.1 cm³/mol. The maximum absolute atomic E-state index is 12.1. The molecule has 0 amide bonds. The smallest absolute Gasteiger partial charge is 0.345 e. The van der Waals surface area contributed by atoms with E-state index in [-0.39, 0.29) is 9.77 Å². The van der Waals surface area contributed by atoms with Crippen molar-refractivity contribution in [3.8, 4) is 5.75 Å². The van der Waals surface area contributed by atoms with Crippen LogP contribution in [0.1, 0.15) is 9.67 Å². The van der Waals surface area contributed by atoms with Crippen LogP contribution in [0.4, 0.5) is 5.69 Å². The predicted octanol–water partition coefficient (Wildman–Crippen LogP) is 2.26. The Morgan fingerprint density at radius 3 is 2.45 bits per heavy atom. The van der Waals surface area contributed by atoms with Crippen LogP contribution in [0.15, 0.2) is 40.6 Å². The Labute approximate surface area is 119 Å². The lowest BCUT2D eigenvalue weighted by Gasteiger charge is -2.07. The van der Waals surface area contributed by atoms with Crippen LogP contribution in [-0.4, -0.2) is 26.6 Å². The van der Waals surface area contributed by atoms with Crippen molar-refractivity contribution in [2.75, 3.05) is 11.8 Å². The topological polar surface area (TPSA) is 92.7 Å². The van der Waals surface area contributed by atoms with E-state index in [1.165, 1.54) is 12.5 Å². The third-order valence-electron chi connectivity index (χ3n) is 2.44. The molecule has 2 aromatic rings. The maximum Gasteiger partial charge on any atom is 0.345 e. The fourth-order valence-electron chi connectivity index (χ4n) is 1.45. The molecule has 2 rings (SSSR count). The molecular formula is C12H11NO5S2. The van der Waals surface area contributed by atoms with Crippen LogP contribution < -0.4 is 9.46 Å². The maximum atomic E-state index is 12.1. The Bertz CT molecular complexity index is 719. The van der Waals surface area contributed by atoms with Crippen LogP contribution in [0.5, 0.6) is 5.75 Å². The number of methoxy groups -OCH3 is 1. The summed E-state index contributed by atoms with van der Waals surface area (Å²) in [6.07, 6.45) is 0. The molecule has 0 aliphatic carbocycles. The van der Waals surface area contributed by atoms with E-state index in [1.807, 2.05) is 0 Å². The van der Waals surface area contributed by atoms with Crippen LogP contribution in [0.2, 0.25) is 0 Å². The Balaban J connectivity index is 2.23. The molecule has 0 atom stereocenters. The second kappa shape index (κ2) is 5.51. The largest absolute Gasteiger partial charge is 0.497 e. The van der Waals surface area contributed by atoms with Crippen molar-refractivity contribution >= 4 is 33.0 Å². The molecule has 0 unspecified atom stereocenters. The first kappa shape index (κ1) is 14.4. The second-order valence-corrected chi connectivity index (χ2v) is 6.38. The van der Waals surface area contributed by atoms with Crippen molar-refractivity contribution in [1.82, 2.24) is 0 Å². The van der Waals surface area contributed by atoms with Crippen molar-refractivity contribution < 1.29 is 23.1 Å². The molecule has 0 radical (unpaired) electrons. The molecule has 0 bridgehead atoms. The number of hydrogen-bond donors (Lipinski definition) is 2. The molecule has 2 N–H and O–H groups in total. The highest BCUT2D eigenvalue weighted by molar-refractivity contribution is 7.92. The standard InChI is InChI=1S/C12H11NO5S2/c1-18-9-4-2-8(3-5-9)13-20(16,17)10-6-11(12(14)15)19-7-10/h2-7,13H,1H3,(H,14,15). The summed E-state index contributed by atoms with van der Waals surface area (Å²) in [6, 6.07) is 7.48. The average Bonchev–Trinajstić information content (AvgIpc) is 2.90. The van der Waals surface area contributed by atoms with Crippen molar-refractivity contribution in [2.24, 2.45) is 0 Å². The van der Waals surface area contributed by atoms with E-state index in [2.05, 4.69) is 4.72 Å². The van der Waals surface area contributed by atoms with Crippen LogP contribution in [0.25, 0.3) is 0 Å². The first-order chi connectivity index (χ1) is 9.42. The number of rotatable bonds is 5. The number of benzene rings is 1. The fraction of sp³-hybridized carbons (Fsp3) is 0.0833. The summed E-state index contributed by atoms with van der Waals surface area (Å²) in [7, 11) is -2.28. The lowest BCUT2D eigenvalue weighted by atomic mass is 10.3. The minimum atomic E-state index is -3.79. The van der Waals surface area contributed by atoms with E-state index < -0.39 is 16.0 Å². The van der Waals surface area contributed by atoms with Gasteiger partial charge in [-0.3, -0.25) is 4.72 Å². The number of sulfonamides is 1. The number of thiophene rings is 1. The minimum Gasteiger partial charge on any atom is -0.497 e. The highest BCUT2D eigenvalue weighted by Crippen LogP contribution is 2.23. The van der Waals surface area contributed by atoms with E-state index in [9.17, 15) is 13.2 Å². The molecule has 20 heavy (non-hydrogen) atoms. The summed E-state index contributed by atoms with van der Waals surface area (Å²) < 4.78 is 31.5. The van der Waals surface area contributed by atoms with Gasteiger partial charge in [0.05, 0.1) is 12.0 Å². The summed E-state index contributed by atoms with van der Waals surface area (Å²) in [4.78, 5) is 10.7. The summed E-state index contributed by atoms with van der Waals surface area (Å²) in [5.74, 6) is -0.544. The Hall–Kier alpha value is -2.06. The van der Waals surface area contributed by atoms with E-state index in [4.69, 9.17) is 9.84 Å². The molecular weight excluding hydrogens is 302 g/mol. The number of aromatic carboxylic acids is 1. The van der Waals surface area contributed by atoms with Crippen molar-refractivity contribution in [3.05, 3.63) is 40.6 Å². The third kappa shape index (κ3) is 3.09. The van der Waals surface area contributed by atoms with E-state index >= 15 is 0 Å². The van der Waals surface area contributed by atoms with E-state index in [1.54, 1.807) is 24.3 Å². The van der Waals surface area contributed by atoms with Gasteiger partial charge in [-0.25, -0.2) is 13.2 Å². The molecule has 1 aromatic heterocycles. The molecule has 0 saturated carbocycles. The summed E-state index contributed by atoms with van der Waals surface area (Å²) in [5, 5.41) is 10.1. The van der Waals surface area contributed by atoms with Gasteiger partial charge >= 0.3 is 5.97 Å². The Kier molecular flexibility index (Phi) is 3.96. The lowest BCUT2D eigenvalue weighted by Crippen LogP contribution is -2.12. The molecule has 106 valence electrons. The number of nitrogens with one attached hydrogen (secondary N) is 1. The van der Waals surface area contributed by atoms with Crippen LogP contribution in [0, 0.1) is 0 Å². The number of carboxylic acid groups (broad SMARTS) is 1. The van der Waals surface area contributed by atoms with Gasteiger partial charge in [0.25, 0.3) is 10.0 Å². The van der Waals surface area contributed by atoms with Gasteiger partial charge < -0.3 is 9.84 Å². The minimum absolute atomic E-state index is 0.0277. The molecule has 0 aliphatic rings. The molecule has 0 saturated heterocycles. The normalized spacial score (nSPS) is 11.1. The van der Waals surface area contributed by atoms with Gasteiger partial charge in [-0.2, -0.15) is 0 Å². The zero-order valence-electron chi connectivity index (χ0n) is 10.4. The van der Waals surface area contributed by atoms with Crippen molar-refractivity contribution in [2.45, 2.75) is 4.90 Å². The van der Waals surface area contributed by atoms with Crippen molar-refractivity contribution in [1.29, 1.82) is 0 Å². The van der Waals surface area contributed by atoms with Crippen molar-refractivity contribution in [3.63, 3.8) is 0 Å². The molecule has 0 fully saturated rings. The van der Waals surface area contributed by atoms with Gasteiger partial charge in [-0.05, 0) is 30.3 Å². The number of hydrogen-bond acceptors (Lipinski definition) is 5. The molecule has 0 spiro atoms.